The maximum atomic E-state index is 11.5. The van der Waals surface area contributed by atoms with Gasteiger partial charge in [0.15, 0.2) is 0 Å². The lowest BCUT2D eigenvalue weighted by molar-refractivity contribution is 0.254. The number of rotatable bonds is 4. The van der Waals surface area contributed by atoms with Crippen molar-refractivity contribution in [1.82, 2.24) is 10.2 Å². The van der Waals surface area contributed by atoms with Gasteiger partial charge in [-0.15, -0.1) is 0 Å². The largest absolute Gasteiger partial charge is 0.314 e. The van der Waals surface area contributed by atoms with Gasteiger partial charge in [-0.05, 0) is 12.8 Å². The average molecular weight is 202 g/mol. The van der Waals surface area contributed by atoms with E-state index in [9.17, 15) is 4.21 Å². The molecule has 1 unspecified atom stereocenters. The normalized spacial score (nSPS) is 27.4. The Hall–Kier alpha value is 0.0700. The first-order chi connectivity index (χ1) is 6.36. The van der Waals surface area contributed by atoms with Gasteiger partial charge >= 0.3 is 0 Å². The monoisotopic (exact) mass is 202 g/mol. The van der Waals surface area contributed by atoms with Crippen molar-refractivity contribution in [2.24, 2.45) is 0 Å². The van der Waals surface area contributed by atoms with Crippen LogP contribution in [0.1, 0.15) is 12.8 Å². The second-order valence-electron chi connectivity index (χ2n) is 3.88. The first kappa shape index (κ1) is 9.62. The summed E-state index contributed by atoms with van der Waals surface area (Å²) in [6, 6.07) is 0. The topological polar surface area (TPSA) is 32.3 Å². The molecule has 4 heteroatoms. The van der Waals surface area contributed by atoms with E-state index >= 15 is 0 Å². The Morgan fingerprint density at radius 2 is 2.00 bits per heavy atom. The highest BCUT2D eigenvalue weighted by Gasteiger charge is 2.28. The highest BCUT2D eigenvalue weighted by atomic mass is 32.2. The Labute approximate surface area is 82.3 Å². The molecule has 1 aliphatic carbocycles. The second-order valence-corrected chi connectivity index (χ2v) is 5.71. The van der Waals surface area contributed by atoms with Gasteiger partial charge in [0, 0.05) is 54.5 Å². The van der Waals surface area contributed by atoms with Crippen LogP contribution in [0.4, 0.5) is 0 Å². The van der Waals surface area contributed by atoms with Crippen molar-refractivity contribution >= 4 is 10.8 Å². The van der Waals surface area contributed by atoms with Crippen molar-refractivity contribution in [2.45, 2.75) is 18.1 Å². The van der Waals surface area contributed by atoms with Gasteiger partial charge in [-0.3, -0.25) is 9.11 Å². The zero-order valence-corrected chi connectivity index (χ0v) is 8.81. The fourth-order valence-electron chi connectivity index (χ4n) is 1.65. The van der Waals surface area contributed by atoms with E-state index in [0.717, 1.165) is 38.5 Å². The van der Waals surface area contributed by atoms with Crippen LogP contribution in [0.15, 0.2) is 0 Å². The number of hydrogen-bond donors (Lipinski definition) is 1. The van der Waals surface area contributed by atoms with E-state index in [4.69, 9.17) is 0 Å². The quantitative estimate of drug-likeness (QED) is 0.685. The van der Waals surface area contributed by atoms with Crippen molar-refractivity contribution in [3.05, 3.63) is 0 Å². The summed E-state index contributed by atoms with van der Waals surface area (Å²) in [7, 11) is -0.524. The number of nitrogens with one attached hydrogen (secondary N) is 1. The molecule has 1 atom stereocenters. The summed E-state index contributed by atoms with van der Waals surface area (Å²) < 4.78 is 11.5. The molecule has 0 aromatic carbocycles. The molecule has 0 spiro atoms. The number of hydrogen-bond acceptors (Lipinski definition) is 3. The van der Waals surface area contributed by atoms with Crippen molar-refractivity contribution in [3.8, 4) is 0 Å². The third kappa shape index (κ3) is 3.04. The Bertz CT molecular complexity index is 188. The van der Waals surface area contributed by atoms with Crippen LogP contribution in [0.5, 0.6) is 0 Å². The molecule has 3 nitrogen and oxygen atoms in total. The molecule has 2 aliphatic rings. The van der Waals surface area contributed by atoms with E-state index < -0.39 is 10.8 Å². The van der Waals surface area contributed by atoms with E-state index in [2.05, 4.69) is 10.2 Å². The summed E-state index contributed by atoms with van der Waals surface area (Å²) in [5.74, 6) is 0.894. The van der Waals surface area contributed by atoms with Crippen molar-refractivity contribution in [2.75, 3.05) is 38.5 Å². The van der Waals surface area contributed by atoms with Gasteiger partial charge < -0.3 is 5.32 Å². The van der Waals surface area contributed by atoms with Crippen molar-refractivity contribution in [3.63, 3.8) is 0 Å². The smallest absolute Gasteiger partial charge is 0.0365 e. The maximum Gasteiger partial charge on any atom is 0.0365 e. The third-order valence-electron chi connectivity index (χ3n) is 2.71. The molecule has 1 N–H and O–H groups in total. The maximum absolute atomic E-state index is 11.5. The molecule has 0 amide bonds. The fraction of sp³-hybridized carbons (Fsp3) is 1.00. The molecule has 76 valence electrons. The highest BCUT2D eigenvalue weighted by molar-refractivity contribution is 7.85. The molecule has 2 fully saturated rings. The minimum atomic E-state index is -0.524. The minimum absolute atomic E-state index is 0.524. The molecule has 1 saturated carbocycles. The minimum Gasteiger partial charge on any atom is -0.314 e. The Morgan fingerprint density at radius 3 is 2.62 bits per heavy atom. The predicted octanol–water partition coefficient (Wildman–Crippen LogP) is -0.197. The van der Waals surface area contributed by atoms with Gasteiger partial charge in [-0.1, -0.05) is 0 Å². The van der Waals surface area contributed by atoms with Crippen LogP contribution in [0.3, 0.4) is 0 Å². The zero-order chi connectivity index (χ0) is 9.10. The number of nitrogens with zero attached hydrogens (tertiary/aromatic N) is 1. The van der Waals surface area contributed by atoms with Gasteiger partial charge in [0.2, 0.25) is 0 Å². The number of piperazine rings is 1. The van der Waals surface area contributed by atoms with Gasteiger partial charge in [0.25, 0.3) is 0 Å². The SMILES string of the molecule is O=S(CCN1CCNCC1)C1CC1. The van der Waals surface area contributed by atoms with Crippen LogP contribution in [-0.2, 0) is 10.8 Å². The lowest BCUT2D eigenvalue weighted by atomic mass is 10.4. The standard InChI is InChI=1S/C9H18N2OS/c12-13(9-1-2-9)8-7-11-5-3-10-4-6-11/h9-10H,1-8H2. The van der Waals surface area contributed by atoms with Gasteiger partial charge in [0.1, 0.15) is 0 Å². The van der Waals surface area contributed by atoms with Gasteiger partial charge in [-0.25, -0.2) is 0 Å². The molecule has 1 aliphatic heterocycles. The fourth-order valence-corrected chi connectivity index (χ4v) is 3.08. The highest BCUT2D eigenvalue weighted by Crippen LogP contribution is 2.26. The molecule has 0 aromatic rings. The summed E-state index contributed by atoms with van der Waals surface area (Å²) in [6.07, 6.45) is 2.41. The predicted molar refractivity (Wildman–Crippen MR) is 55.3 cm³/mol. The molecular weight excluding hydrogens is 184 g/mol. The summed E-state index contributed by atoms with van der Waals surface area (Å²) in [4.78, 5) is 2.41. The van der Waals surface area contributed by atoms with Crippen LogP contribution < -0.4 is 5.32 Å². The lowest BCUT2D eigenvalue weighted by Gasteiger charge is -2.26. The Kier molecular flexibility index (Phi) is 3.35. The first-order valence-corrected chi connectivity index (χ1v) is 6.55. The average Bonchev–Trinajstić information content (AvgIpc) is 2.99. The van der Waals surface area contributed by atoms with Crippen molar-refractivity contribution in [1.29, 1.82) is 0 Å². The van der Waals surface area contributed by atoms with E-state index in [-0.39, 0.29) is 0 Å². The van der Waals surface area contributed by atoms with E-state index in [0.29, 0.717) is 5.25 Å². The van der Waals surface area contributed by atoms with Crippen LogP contribution in [0.2, 0.25) is 0 Å². The van der Waals surface area contributed by atoms with E-state index in [1.165, 1.54) is 12.8 Å². The molecule has 1 saturated heterocycles. The van der Waals surface area contributed by atoms with Crippen LogP contribution >= 0.6 is 0 Å². The van der Waals surface area contributed by atoms with E-state index in [1.807, 2.05) is 0 Å². The summed E-state index contributed by atoms with van der Waals surface area (Å²) in [5.41, 5.74) is 0. The molecular formula is C9H18N2OS. The Balaban J connectivity index is 1.62. The van der Waals surface area contributed by atoms with E-state index in [1.54, 1.807) is 0 Å². The second kappa shape index (κ2) is 4.53. The first-order valence-electron chi connectivity index (χ1n) is 5.16. The Morgan fingerprint density at radius 1 is 1.31 bits per heavy atom. The molecule has 0 aromatic heterocycles. The van der Waals surface area contributed by atoms with Crippen LogP contribution in [0.25, 0.3) is 0 Å². The van der Waals surface area contributed by atoms with Crippen LogP contribution in [0, 0.1) is 0 Å². The van der Waals surface area contributed by atoms with Gasteiger partial charge in [-0.2, -0.15) is 0 Å². The molecule has 2 rings (SSSR count). The molecule has 0 radical (unpaired) electrons. The zero-order valence-electron chi connectivity index (χ0n) is 8.00. The van der Waals surface area contributed by atoms with Gasteiger partial charge in [0.05, 0.1) is 0 Å². The van der Waals surface area contributed by atoms with Crippen molar-refractivity contribution < 1.29 is 4.21 Å². The molecule has 0 bridgehead atoms. The molecule has 1 heterocycles. The summed E-state index contributed by atoms with van der Waals surface area (Å²) >= 11 is 0. The molecule has 13 heavy (non-hydrogen) atoms. The summed E-state index contributed by atoms with van der Waals surface area (Å²) in [5, 5.41) is 3.88. The third-order valence-corrected chi connectivity index (χ3v) is 4.51. The van der Waals surface area contributed by atoms with Crippen LogP contribution in [-0.4, -0.2) is 52.8 Å². The summed E-state index contributed by atoms with van der Waals surface area (Å²) in [6.45, 7) is 5.47. The lowest BCUT2D eigenvalue weighted by Crippen LogP contribution is -2.44.